The maximum Gasteiger partial charge on any atom is 0.147 e. The van der Waals surface area contributed by atoms with Crippen LogP contribution in [-0.2, 0) is 14.2 Å². The minimum atomic E-state index is -0.342. The number of hydrogen-bond acceptors (Lipinski definition) is 5. The maximum absolute atomic E-state index is 8.81. The highest BCUT2D eigenvalue weighted by molar-refractivity contribution is 4.70. The van der Waals surface area contributed by atoms with Gasteiger partial charge in [0.05, 0.1) is 32.0 Å². The lowest BCUT2D eigenvalue weighted by Gasteiger charge is -2.21. The predicted octanol–water partition coefficient (Wildman–Crippen LogP) is -0.278. The highest BCUT2D eigenvalue weighted by atomic mass is 16.7. The van der Waals surface area contributed by atoms with Gasteiger partial charge in [-0.3, -0.25) is 0 Å². The summed E-state index contributed by atoms with van der Waals surface area (Å²) >= 11 is 0. The lowest BCUT2D eigenvalue weighted by atomic mass is 10.1. The van der Waals surface area contributed by atoms with Gasteiger partial charge in [-0.15, -0.1) is 0 Å². The van der Waals surface area contributed by atoms with Crippen LogP contribution in [0.1, 0.15) is 13.3 Å². The summed E-state index contributed by atoms with van der Waals surface area (Å²) in [6, 6.07) is -0.342. The number of hydrogen-bond donors (Lipinski definition) is 2. The molecule has 86 valence electrons. The van der Waals surface area contributed by atoms with E-state index in [1.807, 2.05) is 6.92 Å². The first-order valence-corrected chi connectivity index (χ1v) is 4.81. The van der Waals surface area contributed by atoms with Gasteiger partial charge in [0, 0.05) is 7.11 Å². The van der Waals surface area contributed by atoms with Crippen molar-refractivity contribution in [3.63, 3.8) is 0 Å². The number of methoxy groups -OCH3 is 1. The third kappa shape index (κ3) is 6.28. The summed E-state index contributed by atoms with van der Waals surface area (Å²) in [5.41, 5.74) is 5.61. The Morgan fingerprint density at radius 2 is 2.07 bits per heavy atom. The van der Waals surface area contributed by atoms with Crippen molar-refractivity contribution in [2.45, 2.75) is 25.5 Å². The molecule has 0 rings (SSSR count). The van der Waals surface area contributed by atoms with Crippen LogP contribution >= 0.6 is 0 Å². The van der Waals surface area contributed by atoms with E-state index in [1.165, 1.54) is 0 Å². The number of rotatable bonds is 9. The SMILES string of the molecule is CC[C@H](OCOCCOC)[C@@H](N)CO. The molecule has 0 fully saturated rings. The van der Waals surface area contributed by atoms with Crippen LogP contribution in [0.25, 0.3) is 0 Å². The largest absolute Gasteiger partial charge is 0.395 e. The first kappa shape index (κ1) is 13.8. The average Bonchev–Trinajstić information content (AvgIpc) is 2.22. The molecule has 0 saturated heterocycles. The van der Waals surface area contributed by atoms with Gasteiger partial charge in [0.15, 0.2) is 0 Å². The Bertz CT molecular complexity index is 123. The molecular weight excluding hydrogens is 186 g/mol. The quantitative estimate of drug-likeness (QED) is 0.402. The van der Waals surface area contributed by atoms with Crippen LogP contribution in [0.5, 0.6) is 0 Å². The van der Waals surface area contributed by atoms with E-state index < -0.39 is 0 Å². The van der Waals surface area contributed by atoms with Crippen molar-refractivity contribution in [3.05, 3.63) is 0 Å². The Balaban J connectivity index is 3.42. The zero-order valence-electron chi connectivity index (χ0n) is 8.94. The molecule has 0 bridgehead atoms. The van der Waals surface area contributed by atoms with Crippen molar-refractivity contribution in [1.82, 2.24) is 0 Å². The molecular formula is C9H21NO4. The van der Waals surface area contributed by atoms with E-state index >= 15 is 0 Å². The molecule has 0 aromatic carbocycles. The molecule has 0 heterocycles. The maximum atomic E-state index is 8.81. The van der Waals surface area contributed by atoms with Crippen molar-refractivity contribution in [2.75, 3.05) is 33.7 Å². The van der Waals surface area contributed by atoms with Gasteiger partial charge in [0.2, 0.25) is 0 Å². The molecule has 0 aliphatic heterocycles. The van der Waals surface area contributed by atoms with Gasteiger partial charge >= 0.3 is 0 Å². The van der Waals surface area contributed by atoms with Crippen LogP contribution in [0, 0.1) is 0 Å². The van der Waals surface area contributed by atoms with Gasteiger partial charge in [-0.1, -0.05) is 6.92 Å². The van der Waals surface area contributed by atoms with Gasteiger partial charge < -0.3 is 25.1 Å². The second-order valence-corrected chi connectivity index (χ2v) is 2.98. The predicted molar refractivity (Wildman–Crippen MR) is 52.9 cm³/mol. The van der Waals surface area contributed by atoms with E-state index in [0.29, 0.717) is 13.2 Å². The van der Waals surface area contributed by atoms with Crippen LogP contribution in [0.4, 0.5) is 0 Å². The second kappa shape index (κ2) is 9.36. The van der Waals surface area contributed by atoms with Crippen molar-refractivity contribution in [1.29, 1.82) is 0 Å². The van der Waals surface area contributed by atoms with E-state index in [1.54, 1.807) is 7.11 Å². The van der Waals surface area contributed by atoms with Crippen LogP contribution in [-0.4, -0.2) is 51.0 Å². The van der Waals surface area contributed by atoms with Crippen LogP contribution in [0.2, 0.25) is 0 Å². The normalized spacial score (nSPS) is 15.4. The fraction of sp³-hybridized carbons (Fsp3) is 1.00. The van der Waals surface area contributed by atoms with E-state index in [4.69, 9.17) is 25.1 Å². The van der Waals surface area contributed by atoms with E-state index in [9.17, 15) is 0 Å². The van der Waals surface area contributed by atoms with E-state index in [0.717, 1.165) is 6.42 Å². The van der Waals surface area contributed by atoms with Crippen molar-refractivity contribution >= 4 is 0 Å². The molecule has 0 aliphatic carbocycles. The molecule has 14 heavy (non-hydrogen) atoms. The lowest BCUT2D eigenvalue weighted by molar-refractivity contribution is -0.107. The third-order valence-corrected chi connectivity index (χ3v) is 1.89. The van der Waals surface area contributed by atoms with Crippen molar-refractivity contribution in [2.24, 2.45) is 5.73 Å². The van der Waals surface area contributed by atoms with E-state index in [2.05, 4.69) is 0 Å². The van der Waals surface area contributed by atoms with Crippen LogP contribution in [0.15, 0.2) is 0 Å². The number of aliphatic hydroxyl groups excluding tert-OH is 1. The molecule has 0 amide bonds. The Hall–Kier alpha value is -0.200. The Kier molecular flexibility index (Phi) is 9.23. The van der Waals surface area contributed by atoms with Crippen LogP contribution in [0.3, 0.4) is 0 Å². The molecule has 2 atom stereocenters. The van der Waals surface area contributed by atoms with E-state index in [-0.39, 0.29) is 25.5 Å². The molecule has 3 N–H and O–H groups in total. The summed E-state index contributed by atoms with van der Waals surface area (Å²) in [6.45, 7) is 3.12. The summed E-state index contributed by atoms with van der Waals surface area (Å²) in [6.07, 6.45) is 0.609. The molecule has 0 aliphatic rings. The van der Waals surface area contributed by atoms with Gasteiger partial charge in [-0.2, -0.15) is 0 Å². The zero-order chi connectivity index (χ0) is 10.8. The summed E-state index contributed by atoms with van der Waals surface area (Å²) in [4.78, 5) is 0. The van der Waals surface area contributed by atoms with Gasteiger partial charge in [-0.05, 0) is 6.42 Å². The number of ether oxygens (including phenoxy) is 3. The lowest BCUT2D eigenvalue weighted by Crippen LogP contribution is -2.39. The molecule has 0 radical (unpaired) electrons. The molecule has 0 unspecified atom stereocenters. The third-order valence-electron chi connectivity index (χ3n) is 1.89. The highest BCUT2D eigenvalue weighted by Gasteiger charge is 2.15. The van der Waals surface area contributed by atoms with Crippen LogP contribution < -0.4 is 5.73 Å². The first-order chi connectivity index (χ1) is 6.76. The Labute approximate surface area is 85.1 Å². The summed E-state index contributed by atoms with van der Waals surface area (Å²) < 4.78 is 15.2. The average molecular weight is 207 g/mol. The minimum absolute atomic E-state index is 0.0728. The molecule has 5 heteroatoms. The summed E-state index contributed by atoms with van der Waals surface area (Å²) in [7, 11) is 1.61. The number of aliphatic hydroxyl groups is 1. The topological polar surface area (TPSA) is 73.9 Å². The molecule has 0 aromatic heterocycles. The van der Waals surface area contributed by atoms with Crippen molar-refractivity contribution < 1.29 is 19.3 Å². The standard InChI is InChI=1S/C9H21NO4/c1-3-9(8(10)6-11)14-7-13-5-4-12-2/h8-9,11H,3-7,10H2,1-2H3/t8-,9-/m0/s1. The second-order valence-electron chi connectivity index (χ2n) is 2.98. The smallest absolute Gasteiger partial charge is 0.147 e. The summed E-state index contributed by atoms with van der Waals surface area (Å²) in [5, 5.41) is 8.81. The van der Waals surface area contributed by atoms with Crippen molar-refractivity contribution in [3.8, 4) is 0 Å². The molecule has 0 saturated carbocycles. The Morgan fingerprint density at radius 1 is 1.36 bits per heavy atom. The van der Waals surface area contributed by atoms with Gasteiger partial charge in [0.1, 0.15) is 6.79 Å². The zero-order valence-corrected chi connectivity index (χ0v) is 8.94. The fourth-order valence-corrected chi connectivity index (χ4v) is 0.998. The summed E-state index contributed by atoms with van der Waals surface area (Å²) in [5.74, 6) is 0. The molecule has 5 nitrogen and oxygen atoms in total. The first-order valence-electron chi connectivity index (χ1n) is 4.81. The minimum Gasteiger partial charge on any atom is -0.395 e. The fourth-order valence-electron chi connectivity index (χ4n) is 0.998. The monoisotopic (exact) mass is 207 g/mol. The molecule has 0 aromatic rings. The number of nitrogens with two attached hydrogens (primary N) is 1. The van der Waals surface area contributed by atoms with Gasteiger partial charge in [0.25, 0.3) is 0 Å². The highest BCUT2D eigenvalue weighted by Crippen LogP contribution is 2.02. The van der Waals surface area contributed by atoms with Gasteiger partial charge in [-0.25, -0.2) is 0 Å². The Morgan fingerprint density at radius 3 is 2.57 bits per heavy atom. The molecule has 0 spiro atoms.